The molecule has 0 heterocycles. The number of non-ortho nitro benzene ring substituents is 1. The Hall–Kier alpha value is -2.94. The van der Waals surface area contributed by atoms with Gasteiger partial charge in [-0.2, -0.15) is 0 Å². The Bertz CT molecular complexity index is 1000. The Balaban J connectivity index is 2.43. The molecule has 0 aliphatic heterocycles. The molecule has 28 heavy (non-hydrogen) atoms. The number of benzene rings is 2. The molecule has 0 bridgehead atoms. The van der Waals surface area contributed by atoms with Gasteiger partial charge in [0.15, 0.2) is 0 Å². The van der Waals surface area contributed by atoms with Gasteiger partial charge in [0.25, 0.3) is 5.69 Å². The van der Waals surface area contributed by atoms with E-state index < -0.39 is 26.9 Å². The van der Waals surface area contributed by atoms with Crippen molar-refractivity contribution in [3.63, 3.8) is 0 Å². The SMILES string of the molecule is CC[C@H](C(=O)Nc1cc([N+](=O)[O-])ccc1C)N(c1cccc(C)c1)S(C)(=O)=O. The molecular formula is C19H23N3O5S. The number of hydrogen-bond acceptors (Lipinski definition) is 5. The lowest BCUT2D eigenvalue weighted by Gasteiger charge is -2.30. The number of hydrogen-bond donors (Lipinski definition) is 1. The van der Waals surface area contributed by atoms with Crippen LogP contribution in [0.5, 0.6) is 0 Å². The van der Waals surface area contributed by atoms with E-state index in [9.17, 15) is 23.3 Å². The number of nitrogens with zero attached hydrogens (tertiary/aromatic N) is 2. The molecule has 2 aromatic carbocycles. The second kappa shape index (κ2) is 8.39. The molecule has 1 amide bonds. The highest BCUT2D eigenvalue weighted by molar-refractivity contribution is 7.92. The highest BCUT2D eigenvalue weighted by Crippen LogP contribution is 2.26. The Labute approximate surface area is 164 Å². The number of aryl methyl sites for hydroxylation is 2. The van der Waals surface area contributed by atoms with Crippen molar-refractivity contribution in [3.8, 4) is 0 Å². The van der Waals surface area contributed by atoms with Crippen molar-refractivity contribution in [3.05, 3.63) is 63.7 Å². The number of nitro groups is 1. The Kier molecular flexibility index (Phi) is 6.40. The number of nitrogens with one attached hydrogen (secondary N) is 1. The summed E-state index contributed by atoms with van der Waals surface area (Å²) in [5, 5.41) is 13.6. The largest absolute Gasteiger partial charge is 0.324 e. The van der Waals surface area contributed by atoms with Crippen LogP contribution >= 0.6 is 0 Å². The van der Waals surface area contributed by atoms with Crippen LogP contribution < -0.4 is 9.62 Å². The molecular weight excluding hydrogens is 382 g/mol. The molecule has 150 valence electrons. The van der Waals surface area contributed by atoms with Crippen LogP contribution in [-0.4, -0.2) is 31.5 Å². The second-order valence-electron chi connectivity index (χ2n) is 6.57. The van der Waals surface area contributed by atoms with Gasteiger partial charge in [-0.15, -0.1) is 0 Å². The van der Waals surface area contributed by atoms with Gasteiger partial charge in [0.1, 0.15) is 6.04 Å². The zero-order valence-corrected chi connectivity index (χ0v) is 17.0. The van der Waals surface area contributed by atoms with Crippen molar-refractivity contribution in [1.29, 1.82) is 0 Å². The number of amides is 1. The third kappa shape index (κ3) is 4.86. The summed E-state index contributed by atoms with van der Waals surface area (Å²) in [4.78, 5) is 23.4. The zero-order valence-electron chi connectivity index (χ0n) is 16.2. The first-order chi connectivity index (χ1) is 13.0. The van der Waals surface area contributed by atoms with E-state index in [-0.39, 0.29) is 17.8 Å². The van der Waals surface area contributed by atoms with Gasteiger partial charge in [-0.3, -0.25) is 19.2 Å². The van der Waals surface area contributed by atoms with Gasteiger partial charge in [-0.05, 0) is 43.5 Å². The van der Waals surface area contributed by atoms with Crippen LogP contribution in [0.1, 0.15) is 24.5 Å². The normalized spacial score (nSPS) is 12.3. The number of nitro benzene ring substituents is 1. The van der Waals surface area contributed by atoms with Crippen molar-refractivity contribution in [1.82, 2.24) is 0 Å². The summed E-state index contributed by atoms with van der Waals surface area (Å²) in [7, 11) is -3.75. The van der Waals surface area contributed by atoms with Gasteiger partial charge in [0.05, 0.1) is 22.6 Å². The van der Waals surface area contributed by atoms with E-state index in [0.717, 1.165) is 16.1 Å². The summed E-state index contributed by atoms with van der Waals surface area (Å²) in [6, 6.07) is 10.0. The molecule has 0 aliphatic carbocycles. The summed E-state index contributed by atoms with van der Waals surface area (Å²) in [6.45, 7) is 5.24. The van der Waals surface area contributed by atoms with E-state index in [1.807, 2.05) is 13.0 Å². The van der Waals surface area contributed by atoms with Crippen molar-refractivity contribution >= 4 is 33.0 Å². The average Bonchev–Trinajstić information content (AvgIpc) is 2.59. The first kappa shape index (κ1) is 21.4. The van der Waals surface area contributed by atoms with E-state index >= 15 is 0 Å². The minimum absolute atomic E-state index is 0.160. The van der Waals surface area contributed by atoms with E-state index in [0.29, 0.717) is 11.3 Å². The maximum Gasteiger partial charge on any atom is 0.271 e. The minimum Gasteiger partial charge on any atom is -0.324 e. The van der Waals surface area contributed by atoms with Crippen LogP contribution in [0.15, 0.2) is 42.5 Å². The van der Waals surface area contributed by atoms with E-state index in [1.54, 1.807) is 32.0 Å². The molecule has 0 saturated carbocycles. The standard InChI is InChI=1S/C19H23N3O5S/c1-5-18(21(28(4,26)27)15-8-6-7-13(2)11-15)19(23)20-17-12-16(22(24)25)10-9-14(17)3/h6-12,18H,5H2,1-4H3,(H,20,23)/t18-/m1/s1. The Morgan fingerprint density at radius 2 is 1.89 bits per heavy atom. The van der Waals surface area contributed by atoms with Gasteiger partial charge in [-0.1, -0.05) is 25.1 Å². The third-order valence-corrected chi connectivity index (χ3v) is 5.46. The summed E-state index contributed by atoms with van der Waals surface area (Å²) < 4.78 is 26.0. The van der Waals surface area contributed by atoms with E-state index in [4.69, 9.17) is 0 Å². The fraction of sp³-hybridized carbons (Fsp3) is 0.316. The van der Waals surface area contributed by atoms with Crippen molar-refractivity contribution < 1.29 is 18.1 Å². The fourth-order valence-electron chi connectivity index (χ4n) is 2.90. The van der Waals surface area contributed by atoms with E-state index in [2.05, 4.69) is 5.32 Å². The number of carbonyl (C=O) groups is 1. The molecule has 1 atom stereocenters. The highest BCUT2D eigenvalue weighted by atomic mass is 32.2. The van der Waals surface area contributed by atoms with Crippen LogP contribution in [0, 0.1) is 24.0 Å². The topological polar surface area (TPSA) is 110 Å². The number of sulfonamides is 1. The fourth-order valence-corrected chi connectivity index (χ4v) is 4.10. The van der Waals surface area contributed by atoms with Crippen LogP contribution in [-0.2, 0) is 14.8 Å². The van der Waals surface area contributed by atoms with Crippen LogP contribution in [0.25, 0.3) is 0 Å². The first-order valence-corrected chi connectivity index (χ1v) is 10.5. The van der Waals surface area contributed by atoms with Crippen molar-refractivity contribution in [2.45, 2.75) is 33.2 Å². The lowest BCUT2D eigenvalue weighted by atomic mass is 10.1. The molecule has 0 fully saturated rings. The molecule has 0 spiro atoms. The lowest BCUT2D eigenvalue weighted by Crippen LogP contribution is -2.47. The summed E-state index contributed by atoms with van der Waals surface area (Å²) in [5.41, 5.74) is 1.99. The van der Waals surface area contributed by atoms with Crippen LogP contribution in [0.3, 0.4) is 0 Å². The number of carbonyl (C=O) groups excluding carboxylic acids is 1. The van der Waals surface area contributed by atoms with Gasteiger partial charge in [0, 0.05) is 12.1 Å². The van der Waals surface area contributed by atoms with Crippen LogP contribution in [0.4, 0.5) is 17.1 Å². The first-order valence-electron chi connectivity index (χ1n) is 8.66. The monoisotopic (exact) mass is 405 g/mol. The molecule has 0 aromatic heterocycles. The molecule has 1 N–H and O–H groups in total. The summed E-state index contributed by atoms with van der Waals surface area (Å²) in [5.74, 6) is -0.557. The Morgan fingerprint density at radius 1 is 1.21 bits per heavy atom. The molecule has 0 saturated heterocycles. The maximum atomic E-state index is 12.9. The molecule has 9 heteroatoms. The van der Waals surface area contributed by atoms with Gasteiger partial charge in [0.2, 0.25) is 15.9 Å². The number of anilines is 2. The molecule has 8 nitrogen and oxygen atoms in total. The second-order valence-corrected chi connectivity index (χ2v) is 8.43. The van der Waals surface area contributed by atoms with Gasteiger partial charge in [-0.25, -0.2) is 8.42 Å². The van der Waals surface area contributed by atoms with Gasteiger partial charge >= 0.3 is 0 Å². The molecule has 2 rings (SSSR count). The minimum atomic E-state index is -3.75. The van der Waals surface area contributed by atoms with Crippen LogP contribution in [0.2, 0.25) is 0 Å². The van der Waals surface area contributed by atoms with E-state index in [1.165, 1.54) is 18.2 Å². The third-order valence-electron chi connectivity index (χ3n) is 4.28. The molecule has 0 aliphatic rings. The highest BCUT2D eigenvalue weighted by Gasteiger charge is 2.32. The summed E-state index contributed by atoms with van der Waals surface area (Å²) >= 11 is 0. The Morgan fingerprint density at radius 3 is 2.43 bits per heavy atom. The van der Waals surface area contributed by atoms with Gasteiger partial charge < -0.3 is 5.32 Å². The lowest BCUT2D eigenvalue weighted by molar-refractivity contribution is -0.384. The molecule has 2 aromatic rings. The summed E-state index contributed by atoms with van der Waals surface area (Å²) in [6.07, 6.45) is 1.27. The predicted octanol–water partition coefficient (Wildman–Crippen LogP) is 3.39. The predicted molar refractivity (Wildman–Crippen MR) is 109 cm³/mol. The molecule has 0 unspecified atom stereocenters. The smallest absolute Gasteiger partial charge is 0.271 e. The average molecular weight is 405 g/mol. The quantitative estimate of drug-likeness (QED) is 0.561. The molecule has 0 radical (unpaired) electrons. The maximum absolute atomic E-state index is 12.9. The van der Waals surface area contributed by atoms with Crippen molar-refractivity contribution in [2.24, 2.45) is 0 Å². The zero-order chi connectivity index (χ0) is 21.1. The number of rotatable bonds is 7. The van der Waals surface area contributed by atoms with Crippen molar-refractivity contribution in [2.75, 3.05) is 15.9 Å².